The van der Waals surface area contributed by atoms with Gasteiger partial charge in [0.25, 0.3) is 5.91 Å². The maximum absolute atomic E-state index is 13.6. The lowest BCUT2D eigenvalue weighted by atomic mass is 9.89. The number of H-pyrrole nitrogens is 1. The van der Waals surface area contributed by atoms with Gasteiger partial charge in [0, 0.05) is 29.1 Å². The van der Waals surface area contributed by atoms with Gasteiger partial charge in [-0.15, -0.1) is 0 Å². The van der Waals surface area contributed by atoms with E-state index in [0.29, 0.717) is 11.5 Å². The summed E-state index contributed by atoms with van der Waals surface area (Å²) in [6, 6.07) is 16.4. The molecule has 1 saturated carbocycles. The zero-order chi connectivity index (χ0) is 21.1. The maximum atomic E-state index is 13.6. The van der Waals surface area contributed by atoms with E-state index < -0.39 is 0 Å². The molecule has 6 heteroatoms. The molecule has 2 unspecified atom stereocenters. The summed E-state index contributed by atoms with van der Waals surface area (Å²) in [5, 5.41) is 1.89. The number of nitrogens with one attached hydrogen (secondary N) is 1. The van der Waals surface area contributed by atoms with E-state index >= 15 is 0 Å². The highest BCUT2D eigenvalue weighted by Crippen LogP contribution is 2.45. The lowest BCUT2D eigenvalue weighted by molar-refractivity contribution is -0.129. The SMILES string of the molecule is COc1ccc(C2c3[nH]c4ccccc4c3CC3C(=O)N(C4CCCC4)C(=S)N32)cc1. The van der Waals surface area contributed by atoms with Gasteiger partial charge in [-0.3, -0.25) is 9.69 Å². The summed E-state index contributed by atoms with van der Waals surface area (Å²) in [6.07, 6.45) is 5.14. The van der Waals surface area contributed by atoms with Crippen LogP contribution in [0, 0.1) is 0 Å². The van der Waals surface area contributed by atoms with Crippen molar-refractivity contribution in [3.05, 3.63) is 65.4 Å². The fourth-order valence-corrected chi connectivity index (χ4v) is 6.20. The number of hydrogen-bond acceptors (Lipinski definition) is 3. The molecule has 3 aliphatic rings. The van der Waals surface area contributed by atoms with Gasteiger partial charge in [0.15, 0.2) is 5.11 Å². The minimum absolute atomic E-state index is 0.116. The fourth-order valence-electron chi connectivity index (χ4n) is 5.73. The first-order chi connectivity index (χ1) is 15.2. The molecule has 31 heavy (non-hydrogen) atoms. The van der Waals surface area contributed by atoms with Gasteiger partial charge in [-0.2, -0.15) is 0 Å². The normalized spacial score (nSPS) is 23.5. The van der Waals surface area contributed by atoms with Crippen LogP contribution in [0.1, 0.15) is 48.5 Å². The maximum Gasteiger partial charge on any atom is 0.252 e. The van der Waals surface area contributed by atoms with E-state index in [2.05, 4.69) is 40.2 Å². The van der Waals surface area contributed by atoms with Crippen LogP contribution < -0.4 is 4.74 Å². The Morgan fingerprint density at radius 3 is 2.55 bits per heavy atom. The second-order valence-electron chi connectivity index (χ2n) is 8.79. The molecule has 0 bridgehead atoms. The molecule has 3 heterocycles. The van der Waals surface area contributed by atoms with Crippen LogP contribution in [0.3, 0.4) is 0 Å². The summed E-state index contributed by atoms with van der Waals surface area (Å²) in [6.45, 7) is 0. The molecule has 1 aromatic heterocycles. The predicted octanol–water partition coefficient (Wildman–Crippen LogP) is 4.56. The average Bonchev–Trinajstić information content (AvgIpc) is 3.50. The summed E-state index contributed by atoms with van der Waals surface area (Å²) < 4.78 is 5.37. The minimum Gasteiger partial charge on any atom is -0.497 e. The lowest BCUT2D eigenvalue weighted by Gasteiger charge is -2.37. The Morgan fingerprint density at radius 2 is 1.81 bits per heavy atom. The second-order valence-corrected chi connectivity index (χ2v) is 9.16. The van der Waals surface area contributed by atoms with Crippen molar-refractivity contribution in [3.63, 3.8) is 0 Å². The average molecular weight is 432 g/mol. The summed E-state index contributed by atoms with van der Waals surface area (Å²) in [4.78, 5) is 21.4. The first-order valence-electron chi connectivity index (χ1n) is 11.1. The molecule has 0 spiro atoms. The van der Waals surface area contributed by atoms with Crippen molar-refractivity contribution in [3.8, 4) is 5.75 Å². The Balaban J connectivity index is 1.52. The number of fused-ring (bicyclic) bond motifs is 4. The van der Waals surface area contributed by atoms with Crippen molar-refractivity contribution in [1.29, 1.82) is 0 Å². The number of ether oxygens (including phenoxy) is 1. The van der Waals surface area contributed by atoms with Crippen molar-refractivity contribution in [2.24, 2.45) is 0 Å². The molecule has 2 aromatic carbocycles. The molecular formula is C25H25N3O2S. The third kappa shape index (κ3) is 2.74. The van der Waals surface area contributed by atoms with Crippen LogP contribution in [0.25, 0.3) is 10.9 Å². The number of nitrogens with zero attached hydrogens (tertiary/aromatic N) is 2. The molecule has 158 valence electrons. The lowest BCUT2D eigenvalue weighted by Crippen LogP contribution is -2.44. The van der Waals surface area contributed by atoms with Crippen molar-refractivity contribution in [2.75, 3.05) is 7.11 Å². The van der Waals surface area contributed by atoms with E-state index in [4.69, 9.17) is 17.0 Å². The van der Waals surface area contributed by atoms with E-state index in [1.54, 1.807) is 7.11 Å². The molecule has 1 saturated heterocycles. The van der Waals surface area contributed by atoms with Crippen molar-refractivity contribution in [1.82, 2.24) is 14.8 Å². The Bertz CT molecular complexity index is 1180. The summed E-state index contributed by atoms with van der Waals surface area (Å²) in [5.74, 6) is 0.993. The largest absolute Gasteiger partial charge is 0.497 e. The third-order valence-corrected chi connectivity index (χ3v) is 7.61. The van der Waals surface area contributed by atoms with Crippen molar-refractivity contribution < 1.29 is 9.53 Å². The van der Waals surface area contributed by atoms with Gasteiger partial charge in [0.05, 0.1) is 13.2 Å². The first kappa shape index (κ1) is 18.9. The summed E-state index contributed by atoms with van der Waals surface area (Å²) in [5.41, 5.74) is 4.60. The van der Waals surface area contributed by atoms with E-state index in [1.165, 1.54) is 23.8 Å². The van der Waals surface area contributed by atoms with Crippen LogP contribution in [-0.4, -0.2) is 45.0 Å². The van der Waals surface area contributed by atoms with Gasteiger partial charge in [0.2, 0.25) is 0 Å². The fraction of sp³-hybridized carbons (Fsp3) is 0.360. The Morgan fingerprint density at radius 1 is 1.06 bits per heavy atom. The smallest absolute Gasteiger partial charge is 0.252 e. The zero-order valence-electron chi connectivity index (χ0n) is 17.5. The molecule has 1 N–H and O–H groups in total. The monoisotopic (exact) mass is 431 g/mol. The molecule has 6 rings (SSSR count). The van der Waals surface area contributed by atoms with E-state index in [0.717, 1.165) is 35.4 Å². The van der Waals surface area contributed by atoms with E-state index in [-0.39, 0.29) is 24.0 Å². The molecule has 2 aliphatic heterocycles. The number of carbonyl (C=O) groups is 1. The number of aromatic nitrogens is 1. The predicted molar refractivity (Wildman–Crippen MR) is 124 cm³/mol. The van der Waals surface area contributed by atoms with Gasteiger partial charge in [-0.05, 0) is 54.4 Å². The second kappa shape index (κ2) is 7.09. The number of thiocarbonyl (C=S) groups is 1. The number of amides is 1. The third-order valence-electron chi connectivity index (χ3n) is 7.20. The quantitative estimate of drug-likeness (QED) is 0.618. The summed E-state index contributed by atoms with van der Waals surface area (Å²) >= 11 is 5.98. The number of hydrogen-bond donors (Lipinski definition) is 1. The Hall–Kier alpha value is -2.86. The van der Waals surface area contributed by atoms with Crippen LogP contribution in [0.15, 0.2) is 48.5 Å². The number of benzene rings is 2. The van der Waals surface area contributed by atoms with Crippen LogP contribution in [-0.2, 0) is 11.2 Å². The van der Waals surface area contributed by atoms with E-state index in [1.807, 2.05) is 23.1 Å². The highest BCUT2D eigenvalue weighted by Gasteiger charge is 2.52. The van der Waals surface area contributed by atoms with Gasteiger partial charge in [0.1, 0.15) is 11.8 Å². The van der Waals surface area contributed by atoms with Gasteiger partial charge in [-0.1, -0.05) is 43.2 Å². The van der Waals surface area contributed by atoms with Gasteiger partial charge >= 0.3 is 0 Å². The highest BCUT2D eigenvalue weighted by atomic mass is 32.1. The Kier molecular flexibility index (Phi) is 4.32. The topological polar surface area (TPSA) is 48.6 Å². The Labute approximate surface area is 187 Å². The number of rotatable bonds is 3. The van der Waals surface area contributed by atoms with E-state index in [9.17, 15) is 4.79 Å². The molecule has 2 fully saturated rings. The standard InChI is InChI=1S/C25H25N3O2S/c1-30-17-12-10-15(11-13-17)23-22-19(18-8-4-5-9-20(18)26-22)14-21-24(29)27(25(31)28(21)23)16-6-2-3-7-16/h4-5,8-13,16,21,23,26H,2-3,6-7,14H2,1H3. The first-order valence-corrected chi connectivity index (χ1v) is 11.5. The van der Waals surface area contributed by atoms with Crippen LogP contribution in [0.2, 0.25) is 0 Å². The highest BCUT2D eigenvalue weighted by molar-refractivity contribution is 7.80. The molecule has 1 amide bonds. The molecule has 2 atom stereocenters. The molecule has 5 nitrogen and oxygen atoms in total. The van der Waals surface area contributed by atoms with Gasteiger partial charge < -0.3 is 14.6 Å². The number of carbonyl (C=O) groups excluding carboxylic acids is 1. The van der Waals surface area contributed by atoms with Crippen LogP contribution >= 0.6 is 12.2 Å². The number of methoxy groups -OCH3 is 1. The molecule has 3 aromatic rings. The van der Waals surface area contributed by atoms with Crippen LogP contribution in [0.5, 0.6) is 5.75 Å². The number of aromatic amines is 1. The van der Waals surface area contributed by atoms with Gasteiger partial charge in [-0.25, -0.2) is 0 Å². The van der Waals surface area contributed by atoms with Crippen molar-refractivity contribution >= 4 is 34.1 Å². The minimum atomic E-state index is -0.244. The zero-order valence-corrected chi connectivity index (χ0v) is 18.3. The molecular weight excluding hydrogens is 406 g/mol. The number of para-hydroxylation sites is 1. The van der Waals surface area contributed by atoms with Crippen LogP contribution in [0.4, 0.5) is 0 Å². The molecule has 1 aliphatic carbocycles. The summed E-state index contributed by atoms with van der Waals surface area (Å²) in [7, 11) is 1.68. The van der Waals surface area contributed by atoms with Crippen molar-refractivity contribution in [2.45, 2.75) is 50.2 Å². The molecule has 0 radical (unpaired) electrons.